The summed E-state index contributed by atoms with van der Waals surface area (Å²) in [5.41, 5.74) is 4.14. The SMILES string of the molecule is Cc1cc(S(N)(=O)=O)ccc1-c1cc(CN2CCOC[C@@H]2C(=O)N[C@@H](C)c2ccc(C(=O)O)cc2)ccn1. The van der Waals surface area contributed by atoms with Gasteiger partial charge in [0.05, 0.1) is 35.4 Å². The van der Waals surface area contributed by atoms with Crippen molar-refractivity contribution in [1.82, 2.24) is 15.2 Å². The quantitative estimate of drug-likeness (QED) is 0.396. The van der Waals surface area contributed by atoms with Gasteiger partial charge in [-0.05, 0) is 66.9 Å². The molecule has 0 bridgehead atoms. The predicted octanol–water partition coefficient (Wildman–Crippen LogP) is 2.48. The fourth-order valence-corrected chi connectivity index (χ4v) is 5.03. The van der Waals surface area contributed by atoms with Crippen LogP contribution in [0.5, 0.6) is 0 Å². The number of rotatable bonds is 8. The van der Waals surface area contributed by atoms with Crippen LogP contribution in [0.2, 0.25) is 0 Å². The third-order valence-electron chi connectivity index (χ3n) is 6.57. The van der Waals surface area contributed by atoms with Crippen LogP contribution >= 0.6 is 0 Å². The number of carboxylic acids is 1. The number of hydrogen-bond acceptors (Lipinski definition) is 7. The Morgan fingerprint density at radius 3 is 2.58 bits per heavy atom. The fraction of sp³-hybridized carbons (Fsp3) is 0.296. The van der Waals surface area contributed by atoms with Crippen LogP contribution in [-0.4, -0.2) is 61.1 Å². The zero-order valence-corrected chi connectivity index (χ0v) is 21.9. The third-order valence-corrected chi connectivity index (χ3v) is 7.48. The van der Waals surface area contributed by atoms with Gasteiger partial charge in [-0.3, -0.25) is 14.7 Å². The number of carbonyl (C=O) groups is 2. The number of nitrogens with two attached hydrogens (primary N) is 1. The molecule has 0 spiro atoms. The maximum atomic E-state index is 13.2. The Labute approximate surface area is 221 Å². The lowest BCUT2D eigenvalue weighted by atomic mass is 10.0. The number of carbonyl (C=O) groups excluding carboxylic acids is 1. The van der Waals surface area contributed by atoms with E-state index >= 15 is 0 Å². The van der Waals surface area contributed by atoms with Crippen molar-refractivity contribution >= 4 is 21.9 Å². The second-order valence-electron chi connectivity index (χ2n) is 9.29. The molecule has 10 nitrogen and oxygen atoms in total. The van der Waals surface area contributed by atoms with Crippen LogP contribution in [0.4, 0.5) is 0 Å². The summed E-state index contributed by atoms with van der Waals surface area (Å²) in [7, 11) is -3.80. The number of nitrogens with zero attached hydrogens (tertiary/aromatic N) is 2. The van der Waals surface area contributed by atoms with Crippen LogP contribution in [-0.2, 0) is 26.1 Å². The number of sulfonamides is 1. The average molecular weight is 539 g/mol. The lowest BCUT2D eigenvalue weighted by Crippen LogP contribution is -2.53. The molecule has 0 aliphatic carbocycles. The van der Waals surface area contributed by atoms with Crippen molar-refractivity contribution in [2.24, 2.45) is 5.14 Å². The smallest absolute Gasteiger partial charge is 0.335 e. The van der Waals surface area contributed by atoms with Gasteiger partial charge in [-0.15, -0.1) is 0 Å². The first-order chi connectivity index (χ1) is 18.0. The number of benzene rings is 2. The summed E-state index contributed by atoms with van der Waals surface area (Å²) in [6.45, 7) is 5.47. The summed E-state index contributed by atoms with van der Waals surface area (Å²) >= 11 is 0. The number of aryl methyl sites for hydroxylation is 1. The molecular formula is C27H30N4O6S. The summed E-state index contributed by atoms with van der Waals surface area (Å²) in [6, 6.07) is 14.1. The van der Waals surface area contributed by atoms with Gasteiger partial charge in [-0.25, -0.2) is 18.4 Å². The number of morpholine rings is 1. The van der Waals surface area contributed by atoms with Crippen LogP contribution in [0, 0.1) is 6.92 Å². The Bertz CT molecular complexity index is 1440. The number of pyridine rings is 1. The van der Waals surface area contributed by atoms with E-state index in [0.717, 1.165) is 22.3 Å². The van der Waals surface area contributed by atoms with Gasteiger partial charge in [-0.2, -0.15) is 0 Å². The highest BCUT2D eigenvalue weighted by molar-refractivity contribution is 7.89. The number of amides is 1. The van der Waals surface area contributed by atoms with Gasteiger partial charge < -0.3 is 15.2 Å². The second kappa shape index (κ2) is 11.4. The Kier molecular flexibility index (Phi) is 8.22. The Balaban J connectivity index is 1.48. The molecule has 1 saturated heterocycles. The average Bonchev–Trinajstić information content (AvgIpc) is 2.88. The number of carboxylic acid groups (broad SMARTS) is 1. The molecule has 4 rings (SSSR count). The molecule has 1 amide bonds. The van der Waals surface area contributed by atoms with E-state index in [2.05, 4.69) is 15.2 Å². The van der Waals surface area contributed by atoms with Crippen molar-refractivity contribution in [3.63, 3.8) is 0 Å². The van der Waals surface area contributed by atoms with Gasteiger partial charge >= 0.3 is 5.97 Å². The molecule has 2 aromatic carbocycles. The number of primary sulfonamides is 1. The summed E-state index contributed by atoms with van der Waals surface area (Å²) in [4.78, 5) is 30.9. The molecule has 0 saturated carbocycles. The number of hydrogen-bond donors (Lipinski definition) is 3. The Hall–Kier alpha value is -3.64. The minimum absolute atomic E-state index is 0.0455. The third kappa shape index (κ3) is 6.43. The van der Waals surface area contributed by atoms with Crippen molar-refractivity contribution in [2.45, 2.75) is 37.4 Å². The van der Waals surface area contributed by atoms with E-state index in [1.54, 1.807) is 31.3 Å². The van der Waals surface area contributed by atoms with Gasteiger partial charge in [-0.1, -0.05) is 18.2 Å². The maximum Gasteiger partial charge on any atom is 0.335 e. The van der Waals surface area contributed by atoms with Crippen LogP contribution in [0.3, 0.4) is 0 Å². The lowest BCUT2D eigenvalue weighted by molar-refractivity contribution is -0.133. The number of aromatic carboxylic acids is 1. The highest BCUT2D eigenvalue weighted by atomic mass is 32.2. The van der Waals surface area contributed by atoms with Crippen molar-refractivity contribution in [1.29, 1.82) is 0 Å². The molecular weight excluding hydrogens is 508 g/mol. The minimum atomic E-state index is -3.80. The van der Waals surface area contributed by atoms with Gasteiger partial charge in [0.2, 0.25) is 15.9 Å². The van der Waals surface area contributed by atoms with E-state index in [9.17, 15) is 18.0 Å². The molecule has 1 aromatic heterocycles. The monoisotopic (exact) mass is 538 g/mol. The summed E-state index contributed by atoms with van der Waals surface area (Å²) in [5, 5.41) is 17.4. The molecule has 38 heavy (non-hydrogen) atoms. The van der Waals surface area contributed by atoms with Crippen LogP contribution in [0.15, 0.2) is 65.7 Å². The Morgan fingerprint density at radius 2 is 1.92 bits per heavy atom. The molecule has 1 aliphatic heterocycles. The molecule has 2 atom stereocenters. The largest absolute Gasteiger partial charge is 0.478 e. The van der Waals surface area contributed by atoms with Crippen molar-refractivity contribution in [2.75, 3.05) is 19.8 Å². The predicted molar refractivity (Wildman–Crippen MR) is 141 cm³/mol. The molecule has 200 valence electrons. The molecule has 1 fully saturated rings. The lowest BCUT2D eigenvalue weighted by Gasteiger charge is -2.35. The standard InChI is InChI=1S/C27H30N4O6S/c1-17-13-22(38(28,35)36)7-8-23(17)24-14-19(9-10-29-24)15-31-11-12-37-16-25(31)26(32)30-18(2)20-3-5-21(6-4-20)27(33)34/h3-10,13-14,18,25H,11-12,15-16H2,1-2H3,(H,30,32)(H,33,34)(H2,28,35,36)/t18-,25+/m0/s1. The zero-order chi connectivity index (χ0) is 27.4. The first-order valence-electron chi connectivity index (χ1n) is 12.1. The first kappa shape index (κ1) is 27.4. The molecule has 4 N–H and O–H groups in total. The number of nitrogens with one attached hydrogen (secondary N) is 1. The van der Waals surface area contributed by atoms with Crippen molar-refractivity contribution in [3.05, 3.63) is 83.0 Å². The summed E-state index contributed by atoms with van der Waals surface area (Å²) < 4.78 is 29.0. The van der Waals surface area contributed by atoms with E-state index in [4.69, 9.17) is 15.0 Å². The van der Waals surface area contributed by atoms with Gasteiger partial charge in [0.1, 0.15) is 6.04 Å². The van der Waals surface area contributed by atoms with Crippen molar-refractivity contribution < 1.29 is 27.9 Å². The van der Waals surface area contributed by atoms with Gasteiger partial charge in [0, 0.05) is 24.8 Å². The van der Waals surface area contributed by atoms with Gasteiger partial charge in [0.15, 0.2) is 0 Å². The van der Waals surface area contributed by atoms with E-state index in [1.165, 1.54) is 24.3 Å². The van der Waals surface area contributed by atoms with E-state index < -0.39 is 22.0 Å². The molecule has 1 aliphatic rings. The Morgan fingerprint density at radius 1 is 1.18 bits per heavy atom. The highest BCUT2D eigenvalue weighted by Gasteiger charge is 2.30. The first-order valence-corrected chi connectivity index (χ1v) is 13.6. The van der Waals surface area contributed by atoms with E-state index in [0.29, 0.717) is 25.4 Å². The summed E-state index contributed by atoms with van der Waals surface area (Å²) in [5.74, 6) is -1.18. The van der Waals surface area contributed by atoms with Crippen LogP contribution in [0.1, 0.15) is 40.0 Å². The topological polar surface area (TPSA) is 152 Å². The van der Waals surface area contributed by atoms with Crippen molar-refractivity contribution in [3.8, 4) is 11.3 Å². The van der Waals surface area contributed by atoms with Crippen LogP contribution in [0.25, 0.3) is 11.3 Å². The molecule has 0 radical (unpaired) electrons. The molecule has 2 heterocycles. The normalized spacial score (nSPS) is 17.1. The highest BCUT2D eigenvalue weighted by Crippen LogP contribution is 2.25. The molecule has 3 aromatic rings. The molecule has 0 unspecified atom stereocenters. The summed E-state index contributed by atoms with van der Waals surface area (Å²) in [6.07, 6.45) is 1.69. The van der Waals surface area contributed by atoms with E-state index in [1.807, 2.05) is 19.1 Å². The zero-order valence-electron chi connectivity index (χ0n) is 21.1. The molecule has 11 heteroatoms. The fourth-order valence-electron chi connectivity index (χ4n) is 4.43. The maximum absolute atomic E-state index is 13.2. The minimum Gasteiger partial charge on any atom is -0.478 e. The van der Waals surface area contributed by atoms with Gasteiger partial charge in [0.25, 0.3) is 0 Å². The second-order valence-corrected chi connectivity index (χ2v) is 10.9. The van der Waals surface area contributed by atoms with E-state index in [-0.39, 0.29) is 29.0 Å². The number of aromatic nitrogens is 1. The van der Waals surface area contributed by atoms with Crippen LogP contribution < -0.4 is 10.5 Å². The number of ether oxygens (including phenoxy) is 1.